The second-order valence-electron chi connectivity index (χ2n) is 6.97. The number of hydrogen-bond donors (Lipinski definition) is 3. The van der Waals surface area contributed by atoms with Crippen molar-refractivity contribution in [2.24, 2.45) is 0 Å². The number of carbonyl (C=O) groups excluding carboxylic acids is 3. The molecule has 29 heavy (non-hydrogen) atoms. The van der Waals surface area contributed by atoms with Gasteiger partial charge < -0.3 is 19.9 Å². The number of aliphatic hydroxyl groups is 1. The number of thiazole rings is 1. The smallest absolute Gasteiger partial charge is 0.412 e. The standard InChI is InChI=1S/C19H23N3O6S/c1-19(2,3)28-18(26)20-12-7-5-11(6-8-12)16-22-14(10-29-16)15(24)21-13(9-23)17(25)27-4/h5-8,10,13,23H,9H2,1-4H3,(H,20,26)(H,21,24). The van der Waals surface area contributed by atoms with Crippen LogP contribution in [0.1, 0.15) is 31.3 Å². The second-order valence-corrected chi connectivity index (χ2v) is 7.83. The maximum atomic E-state index is 12.2. The molecule has 0 bridgehead atoms. The van der Waals surface area contributed by atoms with E-state index >= 15 is 0 Å². The Kier molecular flexibility index (Phi) is 7.29. The summed E-state index contributed by atoms with van der Waals surface area (Å²) < 4.78 is 9.71. The van der Waals surface area contributed by atoms with Gasteiger partial charge in [-0.05, 0) is 45.0 Å². The Morgan fingerprint density at radius 3 is 2.41 bits per heavy atom. The fourth-order valence-electron chi connectivity index (χ4n) is 2.18. The van der Waals surface area contributed by atoms with Gasteiger partial charge in [0.15, 0.2) is 6.04 Å². The lowest BCUT2D eigenvalue weighted by Gasteiger charge is -2.19. The number of anilines is 1. The zero-order chi connectivity index (χ0) is 21.6. The van der Waals surface area contributed by atoms with Crippen LogP contribution in [-0.2, 0) is 14.3 Å². The number of nitrogens with zero attached hydrogens (tertiary/aromatic N) is 1. The summed E-state index contributed by atoms with van der Waals surface area (Å²) in [6, 6.07) is 5.73. The molecule has 0 aliphatic rings. The molecule has 0 spiro atoms. The number of esters is 1. The summed E-state index contributed by atoms with van der Waals surface area (Å²) in [5.74, 6) is -1.34. The Balaban J connectivity index is 2.04. The molecule has 1 aromatic heterocycles. The summed E-state index contributed by atoms with van der Waals surface area (Å²) in [5, 5.41) is 16.3. The molecule has 0 fully saturated rings. The molecule has 1 atom stereocenters. The zero-order valence-electron chi connectivity index (χ0n) is 16.5. The molecule has 1 unspecified atom stereocenters. The van der Waals surface area contributed by atoms with Crippen molar-refractivity contribution in [1.29, 1.82) is 0 Å². The summed E-state index contributed by atoms with van der Waals surface area (Å²) in [4.78, 5) is 39.7. The lowest BCUT2D eigenvalue weighted by molar-refractivity contribution is -0.143. The number of benzene rings is 1. The first-order valence-corrected chi connectivity index (χ1v) is 9.56. The van der Waals surface area contributed by atoms with E-state index in [1.165, 1.54) is 18.4 Å². The van der Waals surface area contributed by atoms with Gasteiger partial charge in [0.25, 0.3) is 5.91 Å². The highest BCUT2D eigenvalue weighted by atomic mass is 32.1. The minimum absolute atomic E-state index is 0.114. The number of amides is 2. The van der Waals surface area contributed by atoms with E-state index in [0.717, 1.165) is 5.56 Å². The third-order valence-electron chi connectivity index (χ3n) is 3.49. The molecule has 1 heterocycles. The molecule has 2 rings (SSSR count). The van der Waals surface area contributed by atoms with E-state index in [0.29, 0.717) is 10.7 Å². The highest BCUT2D eigenvalue weighted by molar-refractivity contribution is 7.13. The second kappa shape index (κ2) is 9.48. The maximum Gasteiger partial charge on any atom is 0.412 e. The maximum absolute atomic E-state index is 12.2. The van der Waals surface area contributed by atoms with Crippen molar-refractivity contribution in [3.05, 3.63) is 35.3 Å². The summed E-state index contributed by atoms with van der Waals surface area (Å²) in [6.45, 7) is 4.75. The Morgan fingerprint density at radius 1 is 1.21 bits per heavy atom. The summed E-state index contributed by atoms with van der Waals surface area (Å²) in [7, 11) is 1.17. The van der Waals surface area contributed by atoms with Gasteiger partial charge >= 0.3 is 12.1 Å². The van der Waals surface area contributed by atoms with Crippen LogP contribution in [0.15, 0.2) is 29.6 Å². The number of rotatable bonds is 6. The Morgan fingerprint density at radius 2 is 1.86 bits per heavy atom. The normalized spacial score (nSPS) is 12.0. The van der Waals surface area contributed by atoms with Gasteiger partial charge in [0.1, 0.15) is 16.3 Å². The minimum atomic E-state index is -1.16. The summed E-state index contributed by atoms with van der Waals surface area (Å²) in [5.41, 5.74) is 0.824. The van der Waals surface area contributed by atoms with Gasteiger partial charge in [-0.2, -0.15) is 0 Å². The van der Waals surface area contributed by atoms with Crippen molar-refractivity contribution in [2.75, 3.05) is 19.0 Å². The van der Waals surface area contributed by atoms with Gasteiger partial charge in [-0.15, -0.1) is 11.3 Å². The van der Waals surface area contributed by atoms with Crippen LogP contribution in [0.4, 0.5) is 10.5 Å². The van der Waals surface area contributed by atoms with Crippen molar-refractivity contribution < 1.29 is 29.0 Å². The molecule has 10 heteroatoms. The molecule has 9 nitrogen and oxygen atoms in total. The van der Waals surface area contributed by atoms with Crippen LogP contribution >= 0.6 is 11.3 Å². The highest BCUT2D eigenvalue weighted by Gasteiger charge is 2.22. The molecule has 2 amide bonds. The Labute approximate surface area is 172 Å². The number of aromatic nitrogens is 1. The molecule has 0 saturated carbocycles. The summed E-state index contributed by atoms with van der Waals surface area (Å²) >= 11 is 1.24. The van der Waals surface area contributed by atoms with Crippen LogP contribution in [0.25, 0.3) is 10.6 Å². The average molecular weight is 421 g/mol. The van der Waals surface area contributed by atoms with E-state index in [-0.39, 0.29) is 5.69 Å². The van der Waals surface area contributed by atoms with Crippen molar-refractivity contribution in [3.63, 3.8) is 0 Å². The quantitative estimate of drug-likeness (QED) is 0.611. The van der Waals surface area contributed by atoms with Gasteiger partial charge in [-0.1, -0.05) is 0 Å². The molecule has 0 radical (unpaired) electrons. The molecular formula is C19H23N3O6S. The van der Waals surface area contributed by atoms with Gasteiger partial charge in [0, 0.05) is 16.6 Å². The van der Waals surface area contributed by atoms with Crippen molar-refractivity contribution in [3.8, 4) is 10.6 Å². The molecule has 2 aromatic rings. The van der Waals surface area contributed by atoms with Crippen LogP contribution < -0.4 is 10.6 Å². The number of aliphatic hydroxyl groups excluding tert-OH is 1. The summed E-state index contributed by atoms with van der Waals surface area (Å²) in [6.07, 6.45) is -0.553. The molecular weight excluding hydrogens is 398 g/mol. The van der Waals surface area contributed by atoms with E-state index in [2.05, 4.69) is 20.4 Å². The lowest BCUT2D eigenvalue weighted by Crippen LogP contribution is -2.44. The number of ether oxygens (including phenoxy) is 2. The van der Waals surface area contributed by atoms with E-state index in [1.54, 1.807) is 50.4 Å². The largest absolute Gasteiger partial charge is 0.467 e. The van der Waals surface area contributed by atoms with Crippen molar-refractivity contribution in [1.82, 2.24) is 10.3 Å². The SMILES string of the molecule is COC(=O)C(CO)NC(=O)c1csc(-c2ccc(NC(=O)OC(C)(C)C)cc2)n1. The topological polar surface area (TPSA) is 127 Å². The predicted octanol–water partition coefficient (Wildman–Crippen LogP) is 2.42. The number of nitrogens with one attached hydrogen (secondary N) is 2. The predicted molar refractivity (Wildman–Crippen MR) is 108 cm³/mol. The number of methoxy groups -OCH3 is 1. The van der Waals surface area contributed by atoms with Crippen molar-refractivity contribution >= 4 is 35.0 Å². The molecule has 0 saturated heterocycles. The fraction of sp³-hybridized carbons (Fsp3) is 0.368. The Bertz CT molecular complexity index is 873. The molecule has 3 N–H and O–H groups in total. The molecule has 0 aliphatic carbocycles. The first-order chi connectivity index (χ1) is 13.6. The first kappa shape index (κ1) is 22.3. The van der Waals surface area contributed by atoms with Gasteiger partial charge in [0.05, 0.1) is 13.7 Å². The van der Waals surface area contributed by atoms with Gasteiger partial charge in [-0.3, -0.25) is 10.1 Å². The Hall–Kier alpha value is -2.98. The van der Waals surface area contributed by atoms with Gasteiger partial charge in [-0.25, -0.2) is 14.6 Å². The zero-order valence-corrected chi connectivity index (χ0v) is 17.3. The fourth-order valence-corrected chi connectivity index (χ4v) is 2.99. The van der Waals surface area contributed by atoms with E-state index < -0.39 is 36.2 Å². The van der Waals surface area contributed by atoms with Crippen LogP contribution in [-0.4, -0.2) is 53.4 Å². The van der Waals surface area contributed by atoms with Gasteiger partial charge in [0.2, 0.25) is 0 Å². The van der Waals surface area contributed by atoms with Crippen LogP contribution in [0.5, 0.6) is 0 Å². The number of hydrogen-bond acceptors (Lipinski definition) is 8. The third-order valence-corrected chi connectivity index (χ3v) is 4.38. The number of carbonyl (C=O) groups is 3. The monoisotopic (exact) mass is 421 g/mol. The minimum Gasteiger partial charge on any atom is -0.467 e. The first-order valence-electron chi connectivity index (χ1n) is 8.68. The third kappa shape index (κ3) is 6.54. The van der Waals surface area contributed by atoms with E-state index in [1.807, 2.05) is 0 Å². The lowest BCUT2D eigenvalue weighted by atomic mass is 10.2. The van der Waals surface area contributed by atoms with Crippen LogP contribution in [0.2, 0.25) is 0 Å². The van der Waals surface area contributed by atoms with Crippen molar-refractivity contribution in [2.45, 2.75) is 32.4 Å². The van der Waals surface area contributed by atoms with Crippen LogP contribution in [0.3, 0.4) is 0 Å². The highest BCUT2D eigenvalue weighted by Crippen LogP contribution is 2.25. The van der Waals surface area contributed by atoms with E-state index in [4.69, 9.17) is 4.74 Å². The average Bonchev–Trinajstić information content (AvgIpc) is 3.14. The molecule has 0 aliphatic heterocycles. The van der Waals surface area contributed by atoms with E-state index in [9.17, 15) is 19.5 Å². The van der Waals surface area contributed by atoms with Crippen LogP contribution in [0, 0.1) is 0 Å². The molecule has 1 aromatic carbocycles. The molecule has 156 valence electrons.